The molecule has 1 heterocycles. The van der Waals surface area contributed by atoms with E-state index in [0.29, 0.717) is 12.8 Å². The number of hydrogen-bond donors (Lipinski definition) is 2. The summed E-state index contributed by atoms with van der Waals surface area (Å²) in [6.45, 7) is 1.87. The molecule has 3 atom stereocenters. The number of para-hydroxylation sites is 1. The highest BCUT2D eigenvalue weighted by atomic mass is 19.3. The Morgan fingerprint density at radius 2 is 2.09 bits per heavy atom. The topological polar surface area (TPSA) is 50.4 Å². The molecule has 1 aliphatic carbocycles. The lowest BCUT2D eigenvalue weighted by Gasteiger charge is -2.30. The Labute approximate surface area is 128 Å². The molecule has 2 aliphatic rings. The molecule has 6 heteroatoms. The summed E-state index contributed by atoms with van der Waals surface area (Å²) in [6, 6.07) is 6.36. The molecule has 0 saturated heterocycles. The monoisotopic (exact) mass is 310 g/mol. The van der Waals surface area contributed by atoms with E-state index in [1.807, 2.05) is 31.2 Å². The first-order valence-electron chi connectivity index (χ1n) is 7.65. The first-order chi connectivity index (χ1) is 10.4. The molecule has 0 radical (unpaired) electrons. The summed E-state index contributed by atoms with van der Waals surface area (Å²) in [5, 5.41) is 5.51. The van der Waals surface area contributed by atoms with Gasteiger partial charge in [0, 0.05) is 24.4 Å². The van der Waals surface area contributed by atoms with Crippen molar-refractivity contribution in [1.82, 2.24) is 10.6 Å². The molecule has 120 valence electrons. The van der Waals surface area contributed by atoms with Gasteiger partial charge in [-0.2, -0.15) is 0 Å². The molecular weight excluding hydrogens is 290 g/mol. The van der Waals surface area contributed by atoms with Crippen molar-refractivity contribution < 1.29 is 18.3 Å². The summed E-state index contributed by atoms with van der Waals surface area (Å²) >= 11 is 0. The zero-order chi connectivity index (χ0) is 15.7. The van der Waals surface area contributed by atoms with E-state index >= 15 is 0 Å². The normalized spacial score (nSPS) is 29.3. The van der Waals surface area contributed by atoms with E-state index in [9.17, 15) is 13.6 Å². The second-order valence-electron chi connectivity index (χ2n) is 6.11. The van der Waals surface area contributed by atoms with E-state index in [0.717, 1.165) is 11.3 Å². The number of benzene rings is 1. The number of rotatable bonds is 2. The Bertz CT molecular complexity index is 565. The molecule has 2 N–H and O–H groups in total. The number of nitrogens with one attached hydrogen (secondary N) is 2. The Hall–Kier alpha value is -1.85. The smallest absolute Gasteiger partial charge is 0.315 e. The van der Waals surface area contributed by atoms with Gasteiger partial charge in [0.15, 0.2) is 0 Å². The van der Waals surface area contributed by atoms with Gasteiger partial charge in [-0.15, -0.1) is 0 Å². The number of fused-ring (bicyclic) bond motifs is 1. The highest BCUT2D eigenvalue weighted by molar-refractivity contribution is 5.75. The predicted octanol–water partition coefficient (Wildman–Crippen LogP) is 3.39. The minimum Gasteiger partial charge on any atom is -0.488 e. The van der Waals surface area contributed by atoms with Crippen LogP contribution in [0.2, 0.25) is 0 Å². The standard InChI is InChI=1S/C16H20F2N2O2/c1-10-14(12-6-2-3-7-13(12)22-10)20-15(21)19-11-5-4-8-16(17,18)9-11/h2-3,6-7,10-11,14H,4-5,8-9H2,1H3,(H2,19,20,21). The Balaban J connectivity index is 1.60. The first-order valence-corrected chi connectivity index (χ1v) is 7.65. The van der Waals surface area contributed by atoms with E-state index in [1.54, 1.807) is 0 Å². The van der Waals surface area contributed by atoms with Crippen LogP contribution in [-0.2, 0) is 0 Å². The summed E-state index contributed by atoms with van der Waals surface area (Å²) in [6.07, 6.45) is 0.470. The number of hydrogen-bond acceptors (Lipinski definition) is 2. The van der Waals surface area contributed by atoms with Crippen LogP contribution in [0.25, 0.3) is 0 Å². The second kappa shape index (κ2) is 5.74. The lowest BCUT2D eigenvalue weighted by atomic mass is 9.92. The van der Waals surface area contributed by atoms with Crippen LogP contribution in [0.5, 0.6) is 5.75 Å². The summed E-state index contributed by atoms with van der Waals surface area (Å²) in [7, 11) is 0. The average molecular weight is 310 g/mol. The van der Waals surface area contributed by atoms with Gasteiger partial charge in [-0.1, -0.05) is 18.2 Å². The van der Waals surface area contributed by atoms with Crippen molar-refractivity contribution in [3.63, 3.8) is 0 Å². The molecule has 4 nitrogen and oxygen atoms in total. The van der Waals surface area contributed by atoms with Crippen LogP contribution in [-0.4, -0.2) is 24.1 Å². The maximum absolute atomic E-state index is 13.4. The minimum atomic E-state index is -2.67. The molecule has 0 spiro atoms. The molecular formula is C16H20F2N2O2. The van der Waals surface area contributed by atoms with E-state index in [2.05, 4.69) is 10.6 Å². The summed E-state index contributed by atoms with van der Waals surface area (Å²) in [5.41, 5.74) is 0.916. The maximum atomic E-state index is 13.4. The lowest BCUT2D eigenvalue weighted by molar-refractivity contribution is -0.0425. The van der Waals surface area contributed by atoms with Gasteiger partial charge < -0.3 is 15.4 Å². The van der Waals surface area contributed by atoms with Crippen molar-refractivity contribution in [1.29, 1.82) is 0 Å². The summed E-state index contributed by atoms with van der Waals surface area (Å²) in [4.78, 5) is 12.1. The zero-order valence-electron chi connectivity index (χ0n) is 12.4. The van der Waals surface area contributed by atoms with Crippen molar-refractivity contribution in [2.45, 2.75) is 56.7 Å². The van der Waals surface area contributed by atoms with Gasteiger partial charge in [-0.3, -0.25) is 0 Å². The molecule has 1 aromatic carbocycles. The van der Waals surface area contributed by atoms with Crippen molar-refractivity contribution >= 4 is 6.03 Å². The number of urea groups is 1. The number of amides is 2. The van der Waals surface area contributed by atoms with Gasteiger partial charge in [-0.25, -0.2) is 13.6 Å². The van der Waals surface area contributed by atoms with Crippen LogP contribution < -0.4 is 15.4 Å². The summed E-state index contributed by atoms with van der Waals surface area (Å²) in [5.74, 6) is -1.92. The van der Waals surface area contributed by atoms with Crippen LogP contribution >= 0.6 is 0 Å². The second-order valence-corrected chi connectivity index (χ2v) is 6.11. The molecule has 1 aliphatic heterocycles. The minimum absolute atomic E-state index is 0.0896. The highest BCUT2D eigenvalue weighted by Gasteiger charge is 2.37. The highest BCUT2D eigenvalue weighted by Crippen LogP contribution is 2.36. The SMILES string of the molecule is CC1Oc2ccccc2C1NC(=O)NC1CCCC(F)(F)C1. The van der Waals surface area contributed by atoms with E-state index < -0.39 is 18.0 Å². The van der Waals surface area contributed by atoms with Crippen LogP contribution in [0, 0.1) is 0 Å². The maximum Gasteiger partial charge on any atom is 0.315 e. The average Bonchev–Trinajstić information content (AvgIpc) is 2.74. The van der Waals surface area contributed by atoms with Crippen LogP contribution in [0.4, 0.5) is 13.6 Å². The molecule has 2 amide bonds. The Morgan fingerprint density at radius 3 is 2.86 bits per heavy atom. The predicted molar refractivity (Wildman–Crippen MR) is 78.1 cm³/mol. The van der Waals surface area contributed by atoms with Gasteiger partial charge in [0.2, 0.25) is 5.92 Å². The molecule has 1 fully saturated rings. The Morgan fingerprint density at radius 1 is 1.32 bits per heavy atom. The summed E-state index contributed by atoms with van der Waals surface area (Å²) < 4.78 is 32.4. The Kier molecular flexibility index (Phi) is 3.93. The van der Waals surface area contributed by atoms with Crippen molar-refractivity contribution in [2.75, 3.05) is 0 Å². The number of halogens is 2. The molecule has 3 unspecified atom stereocenters. The van der Waals surface area contributed by atoms with Crippen molar-refractivity contribution in [3.05, 3.63) is 29.8 Å². The molecule has 0 aromatic heterocycles. The first kappa shape index (κ1) is 15.1. The largest absolute Gasteiger partial charge is 0.488 e. The number of ether oxygens (including phenoxy) is 1. The third kappa shape index (κ3) is 3.15. The molecule has 1 saturated carbocycles. The van der Waals surface area contributed by atoms with Crippen LogP contribution in [0.3, 0.4) is 0 Å². The molecule has 0 bridgehead atoms. The van der Waals surface area contributed by atoms with Crippen LogP contribution in [0.1, 0.15) is 44.2 Å². The van der Waals surface area contributed by atoms with E-state index in [1.165, 1.54) is 0 Å². The quantitative estimate of drug-likeness (QED) is 0.880. The van der Waals surface area contributed by atoms with Crippen LogP contribution in [0.15, 0.2) is 24.3 Å². The number of carbonyl (C=O) groups is 1. The van der Waals surface area contributed by atoms with E-state index in [4.69, 9.17) is 4.74 Å². The van der Waals surface area contributed by atoms with Gasteiger partial charge in [0.05, 0.1) is 6.04 Å². The zero-order valence-corrected chi connectivity index (χ0v) is 12.4. The molecule has 22 heavy (non-hydrogen) atoms. The third-order valence-corrected chi connectivity index (χ3v) is 4.30. The fourth-order valence-electron chi connectivity index (χ4n) is 3.22. The molecule has 1 aromatic rings. The van der Waals surface area contributed by atoms with Crippen molar-refractivity contribution in [3.8, 4) is 5.75 Å². The van der Waals surface area contributed by atoms with Crippen molar-refractivity contribution in [2.24, 2.45) is 0 Å². The number of alkyl halides is 2. The molecule has 3 rings (SSSR count). The lowest BCUT2D eigenvalue weighted by Crippen LogP contribution is -2.48. The fraction of sp³-hybridized carbons (Fsp3) is 0.562. The van der Waals surface area contributed by atoms with E-state index in [-0.39, 0.29) is 25.0 Å². The fourth-order valence-corrected chi connectivity index (χ4v) is 3.22. The van der Waals surface area contributed by atoms with Gasteiger partial charge in [0.25, 0.3) is 0 Å². The third-order valence-electron chi connectivity index (χ3n) is 4.30. The van der Waals surface area contributed by atoms with Gasteiger partial charge >= 0.3 is 6.03 Å². The van der Waals surface area contributed by atoms with Gasteiger partial charge in [0.1, 0.15) is 11.9 Å². The number of carbonyl (C=O) groups excluding carboxylic acids is 1. The van der Waals surface area contributed by atoms with Gasteiger partial charge in [-0.05, 0) is 25.8 Å².